The van der Waals surface area contributed by atoms with Gasteiger partial charge in [0.1, 0.15) is 11.4 Å². The van der Waals surface area contributed by atoms with E-state index in [1.165, 1.54) is 18.6 Å². The summed E-state index contributed by atoms with van der Waals surface area (Å²) in [6, 6.07) is 10.4. The first kappa shape index (κ1) is 19.2. The van der Waals surface area contributed by atoms with Crippen LogP contribution in [0.4, 0.5) is 5.69 Å². The van der Waals surface area contributed by atoms with Crippen molar-refractivity contribution in [2.45, 2.75) is 20.8 Å². The van der Waals surface area contributed by atoms with Crippen LogP contribution in [0.1, 0.15) is 27.4 Å². The maximum Gasteiger partial charge on any atom is 0.275 e. The molecule has 3 aromatic heterocycles. The van der Waals surface area contributed by atoms with Crippen molar-refractivity contribution < 1.29 is 9.53 Å². The van der Waals surface area contributed by atoms with E-state index in [1.54, 1.807) is 41.1 Å². The maximum absolute atomic E-state index is 12.1. The molecule has 3 heterocycles. The second-order valence-corrected chi connectivity index (χ2v) is 6.61. The van der Waals surface area contributed by atoms with Crippen LogP contribution in [0.2, 0.25) is 0 Å². The highest BCUT2D eigenvalue weighted by atomic mass is 16.5. The molecule has 0 unspecified atom stereocenters. The SMILES string of the molecule is Cc1nn(-c2ccc(Oc3ccc(NC(=O)c4cnccn4)cc3)nn2)c(C)c1C. The molecule has 9 heteroatoms. The van der Waals surface area contributed by atoms with Crippen LogP contribution in [0, 0.1) is 20.8 Å². The standard InChI is InChI=1S/C21H19N7O2/c1-13-14(2)27-28(15(13)3)19-8-9-20(26-25-19)30-17-6-4-16(5-7-17)24-21(29)18-12-22-10-11-23-18/h4-12H,1-3H3,(H,24,29). The molecule has 1 N–H and O–H groups in total. The summed E-state index contributed by atoms with van der Waals surface area (Å²) in [4.78, 5) is 20.0. The van der Waals surface area contributed by atoms with Crippen molar-refractivity contribution in [3.8, 4) is 17.4 Å². The molecule has 0 fully saturated rings. The van der Waals surface area contributed by atoms with Crippen LogP contribution < -0.4 is 10.1 Å². The zero-order valence-electron chi connectivity index (χ0n) is 16.7. The molecule has 0 bridgehead atoms. The normalized spacial score (nSPS) is 10.6. The van der Waals surface area contributed by atoms with E-state index < -0.39 is 0 Å². The predicted molar refractivity (Wildman–Crippen MR) is 110 cm³/mol. The Morgan fingerprint density at radius 3 is 2.40 bits per heavy atom. The van der Waals surface area contributed by atoms with Crippen LogP contribution >= 0.6 is 0 Å². The number of aromatic nitrogens is 6. The van der Waals surface area contributed by atoms with Gasteiger partial charge in [-0.25, -0.2) is 9.67 Å². The van der Waals surface area contributed by atoms with Gasteiger partial charge in [-0.2, -0.15) is 5.10 Å². The van der Waals surface area contributed by atoms with Crippen molar-refractivity contribution in [2.24, 2.45) is 0 Å². The van der Waals surface area contributed by atoms with Gasteiger partial charge in [-0.15, -0.1) is 10.2 Å². The molecule has 30 heavy (non-hydrogen) atoms. The number of ether oxygens (including phenoxy) is 1. The van der Waals surface area contributed by atoms with E-state index >= 15 is 0 Å². The topological polar surface area (TPSA) is 108 Å². The van der Waals surface area contributed by atoms with Crippen LogP contribution in [0.15, 0.2) is 55.0 Å². The van der Waals surface area contributed by atoms with Gasteiger partial charge in [0.05, 0.1) is 11.9 Å². The zero-order chi connectivity index (χ0) is 21.1. The van der Waals surface area contributed by atoms with Gasteiger partial charge in [0.2, 0.25) is 5.88 Å². The van der Waals surface area contributed by atoms with Crippen LogP contribution in [0.25, 0.3) is 5.82 Å². The number of hydrogen-bond acceptors (Lipinski definition) is 7. The number of amides is 1. The average molecular weight is 401 g/mol. The summed E-state index contributed by atoms with van der Waals surface area (Å²) in [6.45, 7) is 5.98. The van der Waals surface area contributed by atoms with Crippen LogP contribution in [-0.2, 0) is 0 Å². The summed E-state index contributed by atoms with van der Waals surface area (Å²) >= 11 is 0. The van der Waals surface area contributed by atoms with Crippen LogP contribution in [0.5, 0.6) is 11.6 Å². The van der Waals surface area contributed by atoms with Crippen molar-refractivity contribution in [3.05, 3.63) is 77.6 Å². The highest BCUT2D eigenvalue weighted by Crippen LogP contribution is 2.22. The van der Waals surface area contributed by atoms with Gasteiger partial charge in [-0.3, -0.25) is 9.78 Å². The van der Waals surface area contributed by atoms with Crippen LogP contribution in [-0.4, -0.2) is 35.9 Å². The molecular formula is C21H19N7O2. The second kappa shape index (κ2) is 8.08. The summed E-state index contributed by atoms with van der Waals surface area (Å²) in [6.07, 6.45) is 4.38. The molecule has 4 aromatic rings. The van der Waals surface area contributed by atoms with Crippen LogP contribution in [0.3, 0.4) is 0 Å². The number of hydrogen-bond donors (Lipinski definition) is 1. The maximum atomic E-state index is 12.1. The lowest BCUT2D eigenvalue weighted by Gasteiger charge is -2.08. The van der Waals surface area contributed by atoms with Crippen molar-refractivity contribution in [1.82, 2.24) is 29.9 Å². The highest BCUT2D eigenvalue weighted by molar-refractivity contribution is 6.02. The summed E-state index contributed by atoms with van der Waals surface area (Å²) in [5, 5.41) is 15.6. The average Bonchev–Trinajstić information content (AvgIpc) is 3.03. The quantitative estimate of drug-likeness (QED) is 0.546. The number of carbonyl (C=O) groups is 1. The van der Waals surface area contributed by atoms with Gasteiger partial charge >= 0.3 is 0 Å². The van der Waals surface area contributed by atoms with Crippen molar-refractivity contribution in [1.29, 1.82) is 0 Å². The second-order valence-electron chi connectivity index (χ2n) is 6.61. The summed E-state index contributed by atoms with van der Waals surface area (Å²) in [7, 11) is 0. The molecule has 0 radical (unpaired) electrons. The third-order valence-corrected chi connectivity index (χ3v) is 4.63. The monoisotopic (exact) mass is 401 g/mol. The lowest BCUT2D eigenvalue weighted by molar-refractivity contribution is 0.102. The first-order chi connectivity index (χ1) is 14.5. The number of rotatable bonds is 5. The molecular weight excluding hydrogens is 382 g/mol. The third-order valence-electron chi connectivity index (χ3n) is 4.63. The van der Waals surface area contributed by atoms with E-state index in [4.69, 9.17) is 4.74 Å². The first-order valence-corrected chi connectivity index (χ1v) is 9.23. The molecule has 1 amide bonds. The number of carbonyl (C=O) groups excluding carboxylic acids is 1. The molecule has 0 atom stereocenters. The van der Waals surface area contributed by atoms with Gasteiger partial charge in [0.25, 0.3) is 5.91 Å². The van der Waals surface area contributed by atoms with Crippen molar-refractivity contribution >= 4 is 11.6 Å². The number of benzene rings is 1. The Balaban J connectivity index is 1.42. The van der Waals surface area contributed by atoms with Gasteiger partial charge in [0, 0.05) is 29.8 Å². The minimum absolute atomic E-state index is 0.242. The molecule has 150 valence electrons. The van der Waals surface area contributed by atoms with E-state index in [-0.39, 0.29) is 11.6 Å². The predicted octanol–water partition coefficient (Wildman–Crippen LogP) is 3.42. The molecule has 0 spiro atoms. The first-order valence-electron chi connectivity index (χ1n) is 9.23. The van der Waals surface area contributed by atoms with E-state index in [1.807, 2.05) is 20.8 Å². The molecule has 0 aliphatic heterocycles. The van der Waals surface area contributed by atoms with Gasteiger partial charge in [-0.1, -0.05) is 0 Å². The van der Waals surface area contributed by atoms with Gasteiger partial charge in [0.15, 0.2) is 5.82 Å². The lowest BCUT2D eigenvalue weighted by Crippen LogP contribution is -2.13. The minimum atomic E-state index is -0.336. The molecule has 9 nitrogen and oxygen atoms in total. The fourth-order valence-corrected chi connectivity index (χ4v) is 2.76. The molecule has 4 rings (SSSR count). The smallest absolute Gasteiger partial charge is 0.275 e. The largest absolute Gasteiger partial charge is 0.438 e. The summed E-state index contributed by atoms with van der Waals surface area (Å²) in [5.74, 6) is 1.21. The van der Waals surface area contributed by atoms with Gasteiger partial charge < -0.3 is 10.1 Å². The van der Waals surface area contributed by atoms with E-state index in [0.717, 1.165) is 17.0 Å². The zero-order valence-corrected chi connectivity index (χ0v) is 16.7. The minimum Gasteiger partial charge on any atom is -0.438 e. The fourth-order valence-electron chi connectivity index (χ4n) is 2.76. The highest BCUT2D eigenvalue weighted by Gasteiger charge is 2.11. The molecule has 0 aliphatic carbocycles. The number of anilines is 1. The van der Waals surface area contributed by atoms with Crippen molar-refractivity contribution in [2.75, 3.05) is 5.32 Å². The number of nitrogens with one attached hydrogen (secondary N) is 1. The van der Waals surface area contributed by atoms with Crippen molar-refractivity contribution in [3.63, 3.8) is 0 Å². The lowest BCUT2D eigenvalue weighted by atomic mass is 10.2. The molecule has 1 aromatic carbocycles. The fraction of sp³-hybridized carbons (Fsp3) is 0.143. The summed E-state index contributed by atoms with van der Waals surface area (Å²) in [5.41, 5.74) is 3.96. The van der Waals surface area contributed by atoms with E-state index in [0.29, 0.717) is 23.1 Å². The van der Waals surface area contributed by atoms with E-state index in [2.05, 4.69) is 30.6 Å². The Labute approximate surface area is 172 Å². The summed E-state index contributed by atoms with van der Waals surface area (Å²) < 4.78 is 7.49. The Hall–Kier alpha value is -4.14. The molecule has 0 saturated carbocycles. The third kappa shape index (κ3) is 4.00. The van der Waals surface area contributed by atoms with E-state index in [9.17, 15) is 4.79 Å². The Bertz CT molecular complexity index is 1170. The Morgan fingerprint density at radius 2 is 1.80 bits per heavy atom. The molecule has 0 saturated heterocycles. The Morgan fingerprint density at radius 1 is 1.00 bits per heavy atom. The van der Waals surface area contributed by atoms with Gasteiger partial charge in [-0.05, 0) is 56.7 Å². The number of aryl methyl sites for hydroxylation is 1. The number of nitrogens with zero attached hydrogens (tertiary/aromatic N) is 6. The molecule has 0 aliphatic rings. The Kier molecular flexibility index (Phi) is 5.17.